The molecule has 2 N–H and O–H groups in total. The van der Waals surface area contributed by atoms with E-state index in [1.807, 2.05) is 13.8 Å². The average molecular weight is 355 g/mol. The fourth-order valence-electron chi connectivity index (χ4n) is 3.57. The van der Waals surface area contributed by atoms with Gasteiger partial charge in [0.2, 0.25) is 11.6 Å². The minimum Gasteiger partial charge on any atom is -0.353 e. The van der Waals surface area contributed by atoms with Crippen LogP contribution in [0.1, 0.15) is 38.3 Å². The fourth-order valence-corrected chi connectivity index (χ4v) is 3.57. The van der Waals surface area contributed by atoms with Crippen molar-refractivity contribution in [2.75, 3.05) is 10.6 Å². The normalized spacial score (nSPS) is 21.2. The molecule has 0 bridgehead atoms. The van der Waals surface area contributed by atoms with E-state index in [1.165, 1.54) is 12.1 Å². The number of nitrogens with zero attached hydrogens (tertiary/aromatic N) is 3. The van der Waals surface area contributed by atoms with Crippen LogP contribution in [0.2, 0.25) is 0 Å². The lowest BCUT2D eigenvalue weighted by Crippen LogP contribution is -2.31. The number of allylic oxidation sites excluding steroid dienone is 1. The average Bonchev–Trinajstić information content (AvgIpc) is 2.93. The lowest BCUT2D eigenvalue weighted by Gasteiger charge is -2.33. The Morgan fingerprint density at radius 3 is 2.81 bits per heavy atom. The van der Waals surface area contributed by atoms with Gasteiger partial charge in [-0.15, -0.1) is 0 Å². The Hall–Kier alpha value is -3.23. The van der Waals surface area contributed by atoms with Crippen molar-refractivity contribution in [3.05, 3.63) is 51.2 Å². The molecule has 0 fully saturated rings. The van der Waals surface area contributed by atoms with Gasteiger partial charge in [0.15, 0.2) is 5.78 Å². The van der Waals surface area contributed by atoms with Crippen molar-refractivity contribution in [3.63, 3.8) is 0 Å². The summed E-state index contributed by atoms with van der Waals surface area (Å²) in [6.45, 7) is 4.05. The fraction of sp³-hybridized carbons (Fsp3) is 0.353. The molecule has 1 aromatic carbocycles. The van der Waals surface area contributed by atoms with Gasteiger partial charge in [0.05, 0.1) is 11.0 Å². The first-order valence-corrected chi connectivity index (χ1v) is 8.21. The molecule has 2 heterocycles. The molecule has 0 spiro atoms. The van der Waals surface area contributed by atoms with Gasteiger partial charge >= 0.3 is 0 Å². The number of carbonyl (C=O) groups is 1. The zero-order chi connectivity index (χ0) is 18.5. The molecule has 1 aromatic heterocycles. The monoisotopic (exact) mass is 355 g/mol. The molecule has 26 heavy (non-hydrogen) atoms. The predicted molar refractivity (Wildman–Crippen MR) is 92.4 cm³/mol. The SMILES string of the molecule is CC1(C)CC(=O)C2=C(C1)Nc1nonc1NC2c1cccc([N+](=O)[O-])c1. The molecule has 1 aliphatic carbocycles. The van der Waals surface area contributed by atoms with Gasteiger partial charge in [-0.1, -0.05) is 26.0 Å². The maximum atomic E-state index is 12.9. The van der Waals surface area contributed by atoms with E-state index in [0.29, 0.717) is 35.6 Å². The molecule has 0 saturated carbocycles. The number of hydrogen-bond acceptors (Lipinski definition) is 8. The molecule has 1 atom stereocenters. The number of nitro benzene ring substituents is 1. The van der Waals surface area contributed by atoms with E-state index in [2.05, 4.69) is 20.9 Å². The zero-order valence-electron chi connectivity index (χ0n) is 14.3. The number of anilines is 2. The first-order chi connectivity index (χ1) is 12.3. The van der Waals surface area contributed by atoms with Crippen molar-refractivity contribution < 1.29 is 14.3 Å². The molecule has 9 heteroatoms. The maximum Gasteiger partial charge on any atom is 0.269 e. The summed E-state index contributed by atoms with van der Waals surface area (Å²) in [4.78, 5) is 23.6. The second kappa shape index (κ2) is 5.65. The van der Waals surface area contributed by atoms with Gasteiger partial charge in [-0.05, 0) is 27.7 Å². The summed E-state index contributed by atoms with van der Waals surface area (Å²) in [5.41, 5.74) is 1.68. The van der Waals surface area contributed by atoms with Gasteiger partial charge in [0, 0.05) is 29.8 Å². The summed E-state index contributed by atoms with van der Waals surface area (Å²) in [7, 11) is 0. The zero-order valence-corrected chi connectivity index (χ0v) is 14.3. The standard InChI is InChI=1S/C17H17N5O4/c1-17(2)7-11-13(12(23)8-17)14(19-16-15(18-11)20-26-21-16)9-4-3-5-10(6-9)22(24)25/h3-6,14H,7-8H2,1-2H3,(H,18,20)(H,19,21). The predicted octanol–water partition coefficient (Wildman–Crippen LogP) is 3.20. The van der Waals surface area contributed by atoms with E-state index < -0.39 is 11.0 Å². The molecule has 2 aliphatic rings. The van der Waals surface area contributed by atoms with Gasteiger partial charge in [-0.2, -0.15) is 0 Å². The molecular weight excluding hydrogens is 338 g/mol. The van der Waals surface area contributed by atoms with Gasteiger partial charge in [-0.25, -0.2) is 4.63 Å². The van der Waals surface area contributed by atoms with Crippen LogP contribution in [0.4, 0.5) is 17.3 Å². The highest BCUT2D eigenvalue weighted by atomic mass is 16.6. The van der Waals surface area contributed by atoms with Crippen LogP contribution in [-0.4, -0.2) is 21.0 Å². The Kier molecular flexibility index (Phi) is 3.53. The van der Waals surface area contributed by atoms with Crippen LogP contribution in [-0.2, 0) is 4.79 Å². The highest BCUT2D eigenvalue weighted by molar-refractivity contribution is 6.00. The molecule has 9 nitrogen and oxygen atoms in total. The summed E-state index contributed by atoms with van der Waals surface area (Å²) in [5, 5.41) is 25.1. The third kappa shape index (κ3) is 2.71. The van der Waals surface area contributed by atoms with Crippen LogP contribution in [0.5, 0.6) is 0 Å². The summed E-state index contributed by atoms with van der Waals surface area (Å²) in [6, 6.07) is 5.67. The summed E-state index contributed by atoms with van der Waals surface area (Å²) in [6.07, 6.45) is 1.05. The maximum absolute atomic E-state index is 12.9. The van der Waals surface area contributed by atoms with Crippen LogP contribution in [0.3, 0.4) is 0 Å². The largest absolute Gasteiger partial charge is 0.353 e. The van der Waals surface area contributed by atoms with Crippen molar-refractivity contribution in [2.45, 2.75) is 32.7 Å². The van der Waals surface area contributed by atoms with Crippen molar-refractivity contribution in [1.82, 2.24) is 10.3 Å². The van der Waals surface area contributed by atoms with E-state index in [9.17, 15) is 14.9 Å². The Morgan fingerprint density at radius 1 is 1.27 bits per heavy atom. The molecule has 1 unspecified atom stereocenters. The van der Waals surface area contributed by atoms with E-state index in [-0.39, 0.29) is 16.9 Å². The van der Waals surface area contributed by atoms with Gasteiger partial charge < -0.3 is 10.6 Å². The lowest BCUT2D eigenvalue weighted by atomic mass is 9.73. The van der Waals surface area contributed by atoms with Crippen LogP contribution in [0.15, 0.2) is 40.2 Å². The first-order valence-electron chi connectivity index (χ1n) is 8.21. The molecule has 0 saturated heterocycles. The summed E-state index contributed by atoms with van der Waals surface area (Å²) >= 11 is 0. The molecular formula is C17H17N5O4. The van der Waals surface area contributed by atoms with E-state index >= 15 is 0 Å². The Bertz CT molecular complexity index is 946. The number of nitrogens with one attached hydrogen (secondary N) is 2. The molecule has 1 aliphatic heterocycles. The Balaban J connectivity index is 1.87. The number of carbonyl (C=O) groups excluding carboxylic acids is 1. The molecule has 0 radical (unpaired) electrons. The second-order valence-corrected chi connectivity index (χ2v) is 7.35. The van der Waals surface area contributed by atoms with Crippen LogP contribution in [0, 0.1) is 15.5 Å². The lowest BCUT2D eigenvalue weighted by molar-refractivity contribution is -0.384. The number of non-ortho nitro benzene ring substituents is 1. The third-order valence-electron chi connectivity index (χ3n) is 4.66. The van der Waals surface area contributed by atoms with E-state index in [1.54, 1.807) is 12.1 Å². The number of rotatable bonds is 2. The minimum atomic E-state index is -0.575. The molecule has 0 amide bonds. The number of hydrogen-bond donors (Lipinski definition) is 2. The first kappa shape index (κ1) is 16.2. The molecule has 4 rings (SSSR count). The number of aromatic nitrogens is 2. The van der Waals surface area contributed by atoms with E-state index in [4.69, 9.17) is 4.63 Å². The van der Waals surface area contributed by atoms with Crippen LogP contribution < -0.4 is 10.6 Å². The topological polar surface area (TPSA) is 123 Å². The Morgan fingerprint density at radius 2 is 2.04 bits per heavy atom. The van der Waals surface area contributed by atoms with Crippen molar-refractivity contribution in [2.24, 2.45) is 5.41 Å². The molecule has 2 aromatic rings. The number of benzene rings is 1. The Labute approximate surface area is 148 Å². The minimum absolute atomic E-state index is 0.00477. The van der Waals surface area contributed by atoms with E-state index in [0.717, 1.165) is 5.70 Å². The number of ketones is 1. The highest BCUT2D eigenvalue weighted by Gasteiger charge is 2.40. The van der Waals surface area contributed by atoms with Crippen LogP contribution >= 0.6 is 0 Å². The highest BCUT2D eigenvalue weighted by Crippen LogP contribution is 2.44. The van der Waals surface area contributed by atoms with Crippen molar-refractivity contribution in [3.8, 4) is 0 Å². The van der Waals surface area contributed by atoms with Gasteiger partial charge in [0.25, 0.3) is 5.69 Å². The number of Topliss-reactive ketones (excluding diaryl/α,β-unsaturated/α-hetero) is 1. The van der Waals surface area contributed by atoms with Gasteiger partial charge in [-0.3, -0.25) is 14.9 Å². The molecule has 134 valence electrons. The summed E-state index contributed by atoms with van der Waals surface area (Å²) < 4.78 is 4.79. The quantitative estimate of drug-likeness (QED) is 0.622. The van der Waals surface area contributed by atoms with Crippen molar-refractivity contribution in [1.29, 1.82) is 0 Å². The smallest absolute Gasteiger partial charge is 0.269 e. The van der Waals surface area contributed by atoms with Gasteiger partial charge in [0.1, 0.15) is 0 Å². The second-order valence-electron chi connectivity index (χ2n) is 7.35. The third-order valence-corrected chi connectivity index (χ3v) is 4.66. The number of nitro groups is 1. The summed E-state index contributed by atoms with van der Waals surface area (Å²) in [5.74, 6) is 0.757. The van der Waals surface area contributed by atoms with Crippen molar-refractivity contribution >= 4 is 23.1 Å². The van der Waals surface area contributed by atoms with Crippen LogP contribution in [0.25, 0.3) is 0 Å². The number of fused-ring (bicyclic) bond motifs is 1.